The zero-order chi connectivity index (χ0) is 9.68. The second kappa shape index (κ2) is 4.87. The lowest BCUT2D eigenvalue weighted by atomic mass is 10.3. The molecule has 0 fully saturated rings. The van der Waals surface area contributed by atoms with E-state index >= 15 is 0 Å². The maximum Gasteiger partial charge on any atom is 0.131 e. The Morgan fingerprint density at radius 1 is 1.54 bits per heavy atom. The third kappa shape index (κ3) is 3.95. The summed E-state index contributed by atoms with van der Waals surface area (Å²) < 4.78 is 0. The Morgan fingerprint density at radius 2 is 2.31 bits per heavy atom. The summed E-state index contributed by atoms with van der Waals surface area (Å²) in [4.78, 5) is 4.10. The van der Waals surface area contributed by atoms with E-state index in [2.05, 4.69) is 30.2 Å². The van der Waals surface area contributed by atoms with Crippen LogP contribution in [-0.2, 0) is 0 Å². The van der Waals surface area contributed by atoms with Crippen molar-refractivity contribution in [2.75, 3.05) is 11.9 Å². The maximum absolute atomic E-state index is 5.72. The first-order chi connectivity index (χ1) is 6.18. The smallest absolute Gasteiger partial charge is 0.131 e. The number of rotatable bonds is 3. The van der Waals surface area contributed by atoms with Crippen LogP contribution in [0.25, 0.3) is 0 Å². The first kappa shape index (κ1) is 10.1. The number of hydrogen-bond donors (Lipinski definition) is 1. The van der Waals surface area contributed by atoms with Crippen LogP contribution in [0.2, 0.25) is 5.15 Å². The summed E-state index contributed by atoms with van der Waals surface area (Å²) in [5, 5.41) is 3.66. The molecule has 1 aromatic rings. The quantitative estimate of drug-likeness (QED) is 0.594. The number of pyridine rings is 1. The molecule has 0 aromatic carbocycles. The van der Waals surface area contributed by atoms with Crippen molar-refractivity contribution < 1.29 is 0 Å². The first-order valence-corrected chi connectivity index (χ1v) is 4.56. The van der Waals surface area contributed by atoms with E-state index < -0.39 is 0 Å². The number of hydrogen-bond acceptors (Lipinski definition) is 2. The molecule has 0 aliphatic rings. The Hall–Kier alpha value is -1.02. The van der Waals surface area contributed by atoms with Crippen LogP contribution in [0.4, 0.5) is 5.82 Å². The normalized spacial score (nSPS) is 9.46. The third-order valence-corrected chi connectivity index (χ3v) is 1.72. The number of anilines is 1. The van der Waals surface area contributed by atoms with Gasteiger partial charge in [0.2, 0.25) is 0 Å². The number of aromatic nitrogens is 1. The van der Waals surface area contributed by atoms with Crippen molar-refractivity contribution in [3.05, 3.63) is 35.0 Å². The van der Waals surface area contributed by atoms with Gasteiger partial charge < -0.3 is 5.32 Å². The van der Waals surface area contributed by atoms with Gasteiger partial charge >= 0.3 is 0 Å². The number of halogens is 1. The van der Waals surface area contributed by atoms with Gasteiger partial charge in [0.05, 0.1) is 0 Å². The van der Waals surface area contributed by atoms with Crippen LogP contribution in [0.1, 0.15) is 13.8 Å². The van der Waals surface area contributed by atoms with Gasteiger partial charge in [-0.15, -0.1) is 0 Å². The second-order valence-corrected chi connectivity index (χ2v) is 3.40. The van der Waals surface area contributed by atoms with Gasteiger partial charge in [-0.1, -0.05) is 29.3 Å². The fourth-order valence-corrected chi connectivity index (χ4v) is 1.03. The molecule has 0 atom stereocenters. The van der Waals surface area contributed by atoms with Crippen LogP contribution < -0.4 is 5.32 Å². The van der Waals surface area contributed by atoms with Crippen molar-refractivity contribution in [1.29, 1.82) is 0 Å². The molecule has 0 spiro atoms. The zero-order valence-electron chi connectivity index (χ0n) is 7.84. The summed E-state index contributed by atoms with van der Waals surface area (Å²) >= 11 is 5.72. The summed E-state index contributed by atoms with van der Waals surface area (Å²) in [6.45, 7) is 4.91. The Morgan fingerprint density at radius 3 is 2.92 bits per heavy atom. The van der Waals surface area contributed by atoms with Crippen molar-refractivity contribution >= 4 is 17.4 Å². The summed E-state index contributed by atoms with van der Waals surface area (Å²) in [5.41, 5.74) is 1.29. The predicted molar refractivity (Wildman–Crippen MR) is 57.2 cm³/mol. The van der Waals surface area contributed by atoms with Gasteiger partial charge in [-0.25, -0.2) is 4.98 Å². The van der Waals surface area contributed by atoms with Gasteiger partial charge in [0.15, 0.2) is 0 Å². The van der Waals surface area contributed by atoms with Gasteiger partial charge in [0, 0.05) is 6.54 Å². The molecular formula is C10H13ClN2. The molecule has 70 valence electrons. The highest BCUT2D eigenvalue weighted by atomic mass is 35.5. The molecule has 0 bridgehead atoms. The van der Waals surface area contributed by atoms with Gasteiger partial charge in [-0.05, 0) is 26.0 Å². The topological polar surface area (TPSA) is 24.9 Å². The van der Waals surface area contributed by atoms with Crippen molar-refractivity contribution in [3.63, 3.8) is 0 Å². The maximum atomic E-state index is 5.72. The second-order valence-electron chi connectivity index (χ2n) is 3.01. The molecule has 0 saturated carbocycles. The molecule has 1 heterocycles. The monoisotopic (exact) mass is 196 g/mol. The molecule has 3 heteroatoms. The van der Waals surface area contributed by atoms with Gasteiger partial charge in [-0.2, -0.15) is 0 Å². The highest BCUT2D eigenvalue weighted by Crippen LogP contribution is 2.08. The molecule has 1 aromatic heterocycles. The highest BCUT2D eigenvalue weighted by Gasteiger charge is 1.91. The van der Waals surface area contributed by atoms with Crippen molar-refractivity contribution in [3.8, 4) is 0 Å². The highest BCUT2D eigenvalue weighted by molar-refractivity contribution is 6.29. The average Bonchev–Trinajstić information content (AvgIpc) is 2.03. The standard InChI is InChI=1S/C10H13ClN2/c1-8(2)6-7-12-10-5-3-4-9(11)13-10/h3-6H,7H2,1-2H3,(H,12,13). The molecule has 0 aliphatic heterocycles. The Labute approximate surface area is 83.6 Å². The molecule has 2 nitrogen and oxygen atoms in total. The lowest BCUT2D eigenvalue weighted by Crippen LogP contribution is -2.00. The summed E-state index contributed by atoms with van der Waals surface area (Å²) in [6.07, 6.45) is 2.10. The predicted octanol–water partition coefficient (Wildman–Crippen LogP) is 3.11. The fraction of sp³-hybridized carbons (Fsp3) is 0.300. The van der Waals surface area contributed by atoms with E-state index in [1.165, 1.54) is 5.57 Å². The van der Waals surface area contributed by atoms with E-state index in [1.54, 1.807) is 6.07 Å². The molecule has 0 radical (unpaired) electrons. The van der Waals surface area contributed by atoms with Crippen molar-refractivity contribution in [2.45, 2.75) is 13.8 Å². The minimum Gasteiger partial charge on any atom is -0.367 e. The van der Waals surface area contributed by atoms with E-state index in [4.69, 9.17) is 11.6 Å². The molecule has 1 rings (SSSR count). The number of nitrogens with zero attached hydrogens (tertiary/aromatic N) is 1. The molecule has 1 N–H and O–H groups in total. The lowest BCUT2D eigenvalue weighted by Gasteiger charge is -2.02. The van der Waals surface area contributed by atoms with Crippen LogP contribution in [0.15, 0.2) is 29.8 Å². The van der Waals surface area contributed by atoms with E-state index in [0.717, 1.165) is 12.4 Å². The third-order valence-electron chi connectivity index (χ3n) is 1.51. The Kier molecular flexibility index (Phi) is 3.77. The largest absolute Gasteiger partial charge is 0.367 e. The van der Waals surface area contributed by atoms with E-state index in [1.807, 2.05) is 12.1 Å². The van der Waals surface area contributed by atoms with Crippen molar-refractivity contribution in [2.24, 2.45) is 0 Å². The average molecular weight is 197 g/mol. The molecule has 0 aliphatic carbocycles. The minimum atomic E-state index is 0.516. The molecule has 0 unspecified atom stereocenters. The summed E-state index contributed by atoms with van der Waals surface area (Å²) in [6, 6.07) is 5.53. The fourth-order valence-electron chi connectivity index (χ4n) is 0.866. The van der Waals surface area contributed by atoms with Gasteiger partial charge in [0.1, 0.15) is 11.0 Å². The molecule has 0 amide bonds. The van der Waals surface area contributed by atoms with E-state index in [9.17, 15) is 0 Å². The van der Waals surface area contributed by atoms with Gasteiger partial charge in [-0.3, -0.25) is 0 Å². The summed E-state index contributed by atoms with van der Waals surface area (Å²) in [5.74, 6) is 0.810. The number of nitrogens with one attached hydrogen (secondary N) is 1. The van der Waals surface area contributed by atoms with E-state index in [0.29, 0.717) is 5.15 Å². The van der Waals surface area contributed by atoms with Crippen LogP contribution in [0.3, 0.4) is 0 Å². The minimum absolute atomic E-state index is 0.516. The van der Waals surface area contributed by atoms with Crippen LogP contribution >= 0.6 is 11.6 Å². The number of allylic oxidation sites excluding steroid dienone is 1. The molecular weight excluding hydrogens is 184 g/mol. The molecule has 0 saturated heterocycles. The summed E-state index contributed by atoms with van der Waals surface area (Å²) in [7, 11) is 0. The Balaban J connectivity index is 2.50. The van der Waals surface area contributed by atoms with E-state index in [-0.39, 0.29) is 0 Å². The lowest BCUT2D eigenvalue weighted by molar-refractivity contribution is 1.20. The first-order valence-electron chi connectivity index (χ1n) is 4.18. The zero-order valence-corrected chi connectivity index (χ0v) is 8.60. The van der Waals surface area contributed by atoms with Crippen LogP contribution in [-0.4, -0.2) is 11.5 Å². The Bertz CT molecular complexity index is 304. The molecule has 13 heavy (non-hydrogen) atoms. The van der Waals surface area contributed by atoms with Crippen LogP contribution in [0, 0.1) is 0 Å². The van der Waals surface area contributed by atoms with Crippen LogP contribution in [0.5, 0.6) is 0 Å². The van der Waals surface area contributed by atoms with Crippen molar-refractivity contribution in [1.82, 2.24) is 4.98 Å². The van der Waals surface area contributed by atoms with Gasteiger partial charge in [0.25, 0.3) is 0 Å². The SMILES string of the molecule is CC(C)=CCNc1cccc(Cl)n1.